The van der Waals surface area contributed by atoms with Gasteiger partial charge in [-0.3, -0.25) is 9.59 Å². The van der Waals surface area contributed by atoms with E-state index in [1.165, 1.54) is 12.1 Å². The summed E-state index contributed by atoms with van der Waals surface area (Å²) in [4.78, 5) is 24.4. The molecule has 0 bridgehead atoms. The molecule has 0 saturated carbocycles. The van der Waals surface area contributed by atoms with Crippen molar-refractivity contribution in [1.29, 1.82) is 0 Å². The Balaban J connectivity index is 1.98. The standard InChI is InChI=1S/C22H20FN3O2/c1-2-10-25-17-12-14(7-8-15(17)22(24)28)26-18-9-6-13(23)11-16(18)21-19(26)4-3-5-20(21)27/h2,6-9,11-12,25H,1,3-5,10H2,(H2,24,28). The Morgan fingerprint density at radius 1 is 1.25 bits per heavy atom. The number of anilines is 1. The van der Waals surface area contributed by atoms with E-state index in [1.807, 2.05) is 10.6 Å². The predicted molar refractivity (Wildman–Crippen MR) is 108 cm³/mol. The lowest BCUT2D eigenvalue weighted by Gasteiger charge is -2.17. The van der Waals surface area contributed by atoms with Crippen molar-refractivity contribution in [2.24, 2.45) is 5.73 Å². The van der Waals surface area contributed by atoms with E-state index in [0.717, 1.165) is 29.7 Å². The van der Waals surface area contributed by atoms with Gasteiger partial charge in [0.1, 0.15) is 5.82 Å². The number of nitrogens with zero attached hydrogens (tertiary/aromatic N) is 1. The largest absolute Gasteiger partial charge is 0.381 e. The number of ketones is 1. The highest BCUT2D eigenvalue weighted by Gasteiger charge is 2.27. The van der Waals surface area contributed by atoms with E-state index in [2.05, 4.69) is 11.9 Å². The number of nitrogens with one attached hydrogen (secondary N) is 1. The number of benzene rings is 2. The number of amides is 1. The van der Waals surface area contributed by atoms with Gasteiger partial charge in [-0.25, -0.2) is 4.39 Å². The average molecular weight is 377 g/mol. The summed E-state index contributed by atoms with van der Waals surface area (Å²) >= 11 is 0. The minimum absolute atomic E-state index is 0.0364. The number of carbonyl (C=O) groups is 2. The molecule has 2 aromatic carbocycles. The molecule has 4 rings (SSSR count). The summed E-state index contributed by atoms with van der Waals surface area (Å²) in [5.41, 5.74) is 9.47. The zero-order valence-electron chi connectivity index (χ0n) is 15.3. The summed E-state index contributed by atoms with van der Waals surface area (Å²) in [6.45, 7) is 4.15. The first-order valence-electron chi connectivity index (χ1n) is 9.16. The number of primary amides is 1. The van der Waals surface area contributed by atoms with E-state index in [0.29, 0.717) is 35.2 Å². The van der Waals surface area contributed by atoms with Gasteiger partial charge in [-0.05, 0) is 49.2 Å². The second-order valence-corrected chi connectivity index (χ2v) is 6.86. The molecule has 0 radical (unpaired) electrons. The van der Waals surface area contributed by atoms with E-state index >= 15 is 0 Å². The molecule has 6 heteroatoms. The molecule has 3 aromatic rings. The van der Waals surface area contributed by atoms with Crippen molar-refractivity contribution in [2.75, 3.05) is 11.9 Å². The summed E-state index contributed by atoms with van der Waals surface area (Å²) in [7, 11) is 0. The molecule has 0 saturated heterocycles. The van der Waals surface area contributed by atoms with Crippen LogP contribution in [0.5, 0.6) is 0 Å². The first-order valence-corrected chi connectivity index (χ1v) is 9.16. The number of carbonyl (C=O) groups excluding carboxylic acids is 2. The molecular weight excluding hydrogens is 357 g/mol. The molecular formula is C22H20FN3O2. The lowest BCUT2D eigenvalue weighted by Crippen LogP contribution is -2.16. The van der Waals surface area contributed by atoms with Crippen LogP contribution < -0.4 is 11.1 Å². The van der Waals surface area contributed by atoms with Crippen LogP contribution in [0.2, 0.25) is 0 Å². The molecule has 1 amide bonds. The van der Waals surface area contributed by atoms with Crippen LogP contribution in [0.15, 0.2) is 49.1 Å². The summed E-state index contributed by atoms with van der Waals surface area (Å²) < 4.78 is 15.9. The van der Waals surface area contributed by atoms with Crippen LogP contribution in [0.4, 0.5) is 10.1 Å². The molecule has 0 spiro atoms. The molecule has 1 aliphatic rings. The summed E-state index contributed by atoms with van der Waals surface area (Å²) in [6, 6.07) is 9.78. The number of fused-ring (bicyclic) bond motifs is 3. The first-order chi connectivity index (χ1) is 13.5. The number of rotatable bonds is 5. The summed E-state index contributed by atoms with van der Waals surface area (Å²) in [6.07, 6.45) is 3.64. The maximum absolute atomic E-state index is 13.9. The van der Waals surface area contributed by atoms with E-state index in [-0.39, 0.29) is 11.6 Å². The Morgan fingerprint density at radius 2 is 2.07 bits per heavy atom. The molecule has 3 N–H and O–H groups in total. The van der Waals surface area contributed by atoms with Crippen molar-refractivity contribution >= 4 is 28.3 Å². The Bertz CT molecular complexity index is 1130. The fourth-order valence-electron chi connectivity index (χ4n) is 3.91. The smallest absolute Gasteiger partial charge is 0.250 e. The molecule has 5 nitrogen and oxygen atoms in total. The number of halogens is 1. The Morgan fingerprint density at radius 3 is 2.82 bits per heavy atom. The van der Waals surface area contributed by atoms with Crippen LogP contribution in [0, 0.1) is 5.82 Å². The monoisotopic (exact) mass is 377 g/mol. The Labute approximate surface area is 161 Å². The number of Topliss-reactive ketones (excluding diaryl/α,β-unsaturated/α-hetero) is 1. The second-order valence-electron chi connectivity index (χ2n) is 6.86. The fraction of sp³-hybridized carbons (Fsp3) is 0.182. The quantitative estimate of drug-likeness (QED) is 0.660. The van der Waals surface area contributed by atoms with E-state index in [4.69, 9.17) is 5.73 Å². The van der Waals surface area contributed by atoms with Crippen molar-refractivity contribution in [3.8, 4) is 5.69 Å². The highest BCUT2D eigenvalue weighted by molar-refractivity contribution is 6.11. The minimum atomic E-state index is -0.533. The maximum Gasteiger partial charge on any atom is 0.250 e. The fourth-order valence-corrected chi connectivity index (χ4v) is 3.91. The lowest BCUT2D eigenvalue weighted by atomic mass is 9.94. The molecule has 0 atom stereocenters. The summed E-state index contributed by atoms with van der Waals surface area (Å²) in [5.74, 6) is -0.868. The van der Waals surface area contributed by atoms with Gasteiger partial charge in [-0.15, -0.1) is 6.58 Å². The molecule has 1 aromatic heterocycles. The van der Waals surface area contributed by atoms with Gasteiger partial charge in [-0.1, -0.05) is 6.08 Å². The third kappa shape index (κ3) is 2.87. The van der Waals surface area contributed by atoms with Gasteiger partial charge in [0, 0.05) is 41.0 Å². The van der Waals surface area contributed by atoms with Crippen molar-refractivity contribution in [3.63, 3.8) is 0 Å². The molecule has 1 aliphatic carbocycles. The van der Waals surface area contributed by atoms with Crippen molar-refractivity contribution < 1.29 is 14.0 Å². The lowest BCUT2D eigenvalue weighted by molar-refractivity contribution is 0.0971. The number of hydrogen-bond acceptors (Lipinski definition) is 3. The van der Waals surface area contributed by atoms with Gasteiger partial charge in [0.15, 0.2) is 5.78 Å². The van der Waals surface area contributed by atoms with Crippen molar-refractivity contribution in [2.45, 2.75) is 19.3 Å². The van der Waals surface area contributed by atoms with Crippen LogP contribution in [0.25, 0.3) is 16.6 Å². The molecule has 142 valence electrons. The van der Waals surface area contributed by atoms with Gasteiger partial charge < -0.3 is 15.6 Å². The molecule has 1 heterocycles. The zero-order chi connectivity index (χ0) is 19.8. The van der Waals surface area contributed by atoms with Crippen LogP contribution in [0.3, 0.4) is 0 Å². The van der Waals surface area contributed by atoms with Gasteiger partial charge >= 0.3 is 0 Å². The predicted octanol–water partition coefficient (Wildman–Crippen LogP) is 3.99. The maximum atomic E-state index is 13.9. The highest BCUT2D eigenvalue weighted by atomic mass is 19.1. The number of hydrogen-bond donors (Lipinski definition) is 2. The molecule has 0 aliphatic heterocycles. The van der Waals surface area contributed by atoms with Gasteiger partial charge in [0.25, 0.3) is 5.91 Å². The van der Waals surface area contributed by atoms with Crippen LogP contribution in [0.1, 0.15) is 39.3 Å². The third-order valence-electron chi connectivity index (χ3n) is 5.09. The van der Waals surface area contributed by atoms with Gasteiger partial charge in [-0.2, -0.15) is 0 Å². The molecule has 0 fully saturated rings. The third-order valence-corrected chi connectivity index (χ3v) is 5.09. The highest BCUT2D eigenvalue weighted by Crippen LogP contribution is 2.36. The topological polar surface area (TPSA) is 77.1 Å². The molecule has 28 heavy (non-hydrogen) atoms. The summed E-state index contributed by atoms with van der Waals surface area (Å²) in [5, 5.41) is 3.76. The Kier molecular flexibility index (Phi) is 4.47. The van der Waals surface area contributed by atoms with Crippen molar-refractivity contribution in [1.82, 2.24) is 4.57 Å². The Hall–Kier alpha value is -3.41. The van der Waals surface area contributed by atoms with Crippen LogP contribution >= 0.6 is 0 Å². The van der Waals surface area contributed by atoms with E-state index in [9.17, 15) is 14.0 Å². The molecule has 0 unspecified atom stereocenters. The minimum Gasteiger partial charge on any atom is -0.381 e. The SMILES string of the molecule is C=CCNc1cc(-n2c3c(c4cc(F)ccc42)C(=O)CCC3)ccc1C(N)=O. The van der Waals surface area contributed by atoms with Crippen molar-refractivity contribution in [3.05, 3.63) is 71.7 Å². The number of aromatic nitrogens is 1. The van der Waals surface area contributed by atoms with Gasteiger partial charge in [0.05, 0.1) is 11.1 Å². The average Bonchev–Trinajstić information content (AvgIpc) is 3.00. The van der Waals surface area contributed by atoms with Gasteiger partial charge in [0.2, 0.25) is 0 Å². The normalized spacial score (nSPS) is 13.4. The van der Waals surface area contributed by atoms with Crippen LogP contribution in [-0.2, 0) is 6.42 Å². The van der Waals surface area contributed by atoms with Crippen LogP contribution in [-0.4, -0.2) is 22.8 Å². The second kappa shape index (κ2) is 6.96. The van der Waals surface area contributed by atoms with E-state index in [1.54, 1.807) is 24.3 Å². The zero-order valence-corrected chi connectivity index (χ0v) is 15.3. The first kappa shape index (κ1) is 18.0. The van der Waals surface area contributed by atoms with E-state index < -0.39 is 5.91 Å². The number of nitrogens with two attached hydrogens (primary N) is 1.